The molecule has 0 aromatic rings. The van der Waals surface area contributed by atoms with Crippen molar-refractivity contribution in [2.24, 2.45) is 17.8 Å². The highest BCUT2D eigenvalue weighted by Crippen LogP contribution is 2.30. The smallest absolute Gasteiger partial charge is 0.0412 e. The molecule has 0 radical (unpaired) electrons. The summed E-state index contributed by atoms with van der Waals surface area (Å²) in [4.78, 5) is 0. The van der Waals surface area contributed by atoms with E-state index in [1.165, 1.54) is 57.8 Å². The number of hydrogen-bond donors (Lipinski definition) is 0. The molecule has 0 heterocycles. The van der Waals surface area contributed by atoms with Gasteiger partial charge in [0, 0.05) is 0 Å². The zero-order valence-corrected chi connectivity index (χ0v) is 11.1. The Morgan fingerprint density at radius 1 is 0.867 bits per heavy atom. The van der Waals surface area contributed by atoms with Crippen LogP contribution in [0.1, 0.15) is 78.6 Å². The van der Waals surface area contributed by atoms with E-state index < -0.39 is 0 Å². The monoisotopic (exact) mass is 210 g/mol. The average Bonchev–Trinajstić information content (AvgIpc) is 2.16. The molecule has 0 spiro atoms. The summed E-state index contributed by atoms with van der Waals surface area (Å²) < 4.78 is 0. The minimum atomic E-state index is 0.967. The molecule has 1 rings (SSSR count). The lowest BCUT2D eigenvalue weighted by molar-refractivity contribution is 0.277. The fraction of sp³-hybridized carbons (Fsp3) is 1.00. The van der Waals surface area contributed by atoms with E-state index in [4.69, 9.17) is 0 Å². The van der Waals surface area contributed by atoms with Gasteiger partial charge < -0.3 is 0 Å². The lowest BCUT2D eigenvalue weighted by Crippen LogP contribution is -2.11. The van der Waals surface area contributed by atoms with E-state index in [0.717, 1.165) is 17.8 Å². The topological polar surface area (TPSA) is 0 Å². The van der Waals surface area contributed by atoms with Gasteiger partial charge in [-0.15, -0.1) is 0 Å². The van der Waals surface area contributed by atoms with E-state index in [9.17, 15) is 0 Å². The fourth-order valence-corrected chi connectivity index (χ4v) is 3.36. The van der Waals surface area contributed by atoms with Gasteiger partial charge in [-0.2, -0.15) is 0 Å². The van der Waals surface area contributed by atoms with Crippen LogP contribution in [0.5, 0.6) is 0 Å². The first-order chi connectivity index (χ1) is 7.22. The van der Waals surface area contributed by atoms with Crippen LogP contribution in [0.25, 0.3) is 0 Å². The van der Waals surface area contributed by atoms with E-state index in [-0.39, 0.29) is 0 Å². The van der Waals surface area contributed by atoms with Crippen LogP contribution in [-0.4, -0.2) is 0 Å². The zero-order valence-electron chi connectivity index (χ0n) is 11.1. The zero-order chi connectivity index (χ0) is 11.1. The van der Waals surface area contributed by atoms with Crippen molar-refractivity contribution >= 4 is 0 Å². The molecule has 15 heavy (non-hydrogen) atoms. The molecule has 0 aliphatic heterocycles. The van der Waals surface area contributed by atoms with Crippen LogP contribution in [0, 0.1) is 17.8 Å². The van der Waals surface area contributed by atoms with Crippen molar-refractivity contribution in [3.63, 3.8) is 0 Å². The van der Waals surface area contributed by atoms with Crippen LogP contribution < -0.4 is 0 Å². The van der Waals surface area contributed by atoms with Crippen molar-refractivity contribution < 1.29 is 0 Å². The molecule has 0 bridgehead atoms. The quantitative estimate of drug-likeness (QED) is 0.571. The fourth-order valence-electron chi connectivity index (χ4n) is 3.36. The molecular formula is C15H30. The Labute approximate surface area is 96.8 Å². The maximum Gasteiger partial charge on any atom is -0.0412 e. The van der Waals surface area contributed by atoms with Gasteiger partial charge in [-0.25, -0.2) is 0 Å². The summed E-state index contributed by atoms with van der Waals surface area (Å²) in [5.74, 6) is 2.98. The molecule has 3 unspecified atom stereocenters. The normalized spacial score (nSPS) is 35.0. The van der Waals surface area contributed by atoms with Crippen molar-refractivity contribution in [2.75, 3.05) is 0 Å². The third-order valence-electron chi connectivity index (χ3n) is 4.05. The Bertz CT molecular complexity index is 150. The second-order valence-electron chi connectivity index (χ2n) is 5.97. The highest BCUT2D eigenvalue weighted by atomic mass is 14.2. The number of hydrogen-bond acceptors (Lipinski definition) is 0. The van der Waals surface area contributed by atoms with Crippen LogP contribution in [0.2, 0.25) is 0 Å². The summed E-state index contributed by atoms with van der Waals surface area (Å²) >= 11 is 0. The molecule has 1 aliphatic rings. The van der Waals surface area contributed by atoms with Crippen molar-refractivity contribution in [2.45, 2.75) is 78.6 Å². The van der Waals surface area contributed by atoms with Gasteiger partial charge in [0.05, 0.1) is 0 Å². The Morgan fingerprint density at radius 3 is 2.33 bits per heavy atom. The van der Waals surface area contributed by atoms with E-state index >= 15 is 0 Å². The second kappa shape index (κ2) is 7.30. The van der Waals surface area contributed by atoms with Crippen molar-refractivity contribution in [1.29, 1.82) is 0 Å². The first-order valence-electron chi connectivity index (χ1n) is 7.22. The highest BCUT2D eigenvalue weighted by molar-refractivity contribution is 4.68. The molecule has 0 nitrogen and oxygen atoms in total. The molecule has 0 aromatic heterocycles. The van der Waals surface area contributed by atoms with Crippen LogP contribution >= 0.6 is 0 Å². The van der Waals surface area contributed by atoms with Gasteiger partial charge in [-0.05, 0) is 30.6 Å². The maximum atomic E-state index is 2.47. The van der Waals surface area contributed by atoms with Gasteiger partial charge in [0.15, 0.2) is 0 Å². The minimum absolute atomic E-state index is 0.967. The lowest BCUT2D eigenvalue weighted by Gasteiger charge is -2.25. The van der Waals surface area contributed by atoms with Gasteiger partial charge in [-0.3, -0.25) is 0 Å². The average molecular weight is 210 g/mol. The Balaban J connectivity index is 2.39. The molecule has 0 saturated heterocycles. The van der Waals surface area contributed by atoms with Crippen molar-refractivity contribution in [3.05, 3.63) is 0 Å². The lowest BCUT2D eigenvalue weighted by atomic mass is 9.81. The summed E-state index contributed by atoms with van der Waals surface area (Å²) in [7, 11) is 0. The molecule has 0 N–H and O–H groups in total. The molecule has 90 valence electrons. The van der Waals surface area contributed by atoms with Crippen molar-refractivity contribution in [1.82, 2.24) is 0 Å². The molecule has 0 amide bonds. The minimum Gasteiger partial charge on any atom is -0.0654 e. The predicted octanol–water partition coefficient (Wildman–Crippen LogP) is 5.42. The van der Waals surface area contributed by atoms with E-state index in [0.29, 0.717) is 0 Å². The predicted molar refractivity (Wildman–Crippen MR) is 69.0 cm³/mol. The molecular weight excluding hydrogens is 180 g/mol. The molecule has 1 saturated carbocycles. The highest BCUT2D eigenvalue weighted by Gasteiger charge is 2.16. The maximum absolute atomic E-state index is 2.47. The summed E-state index contributed by atoms with van der Waals surface area (Å²) in [5.41, 5.74) is 0. The van der Waals surface area contributed by atoms with Gasteiger partial charge in [0.2, 0.25) is 0 Å². The number of rotatable bonds is 2. The van der Waals surface area contributed by atoms with E-state index in [1.807, 2.05) is 0 Å². The summed E-state index contributed by atoms with van der Waals surface area (Å²) in [5, 5.41) is 0. The largest absolute Gasteiger partial charge is 0.0654 e. The van der Waals surface area contributed by atoms with Crippen molar-refractivity contribution in [3.8, 4) is 0 Å². The second-order valence-corrected chi connectivity index (χ2v) is 5.97. The third-order valence-corrected chi connectivity index (χ3v) is 4.05. The molecule has 0 heteroatoms. The summed E-state index contributed by atoms with van der Waals surface area (Å²) in [6, 6.07) is 0. The Kier molecular flexibility index (Phi) is 6.36. The molecule has 0 aromatic carbocycles. The standard InChI is InChI=1S/C15H30/c1-4-8-15-10-7-5-6-9-13(2)11-14(3)12-15/h13-15H,4-12H2,1-3H3. The van der Waals surface area contributed by atoms with Gasteiger partial charge in [0.1, 0.15) is 0 Å². The van der Waals surface area contributed by atoms with Crippen LogP contribution in [-0.2, 0) is 0 Å². The van der Waals surface area contributed by atoms with Crippen LogP contribution in [0.15, 0.2) is 0 Å². The summed E-state index contributed by atoms with van der Waals surface area (Å²) in [6.45, 7) is 7.26. The third kappa shape index (κ3) is 5.58. The van der Waals surface area contributed by atoms with Gasteiger partial charge in [-0.1, -0.05) is 65.7 Å². The van der Waals surface area contributed by atoms with E-state index in [1.54, 1.807) is 0 Å². The summed E-state index contributed by atoms with van der Waals surface area (Å²) in [6.07, 6.45) is 13.3. The van der Waals surface area contributed by atoms with Crippen LogP contribution in [0.3, 0.4) is 0 Å². The Hall–Kier alpha value is 0. The van der Waals surface area contributed by atoms with Gasteiger partial charge in [0.25, 0.3) is 0 Å². The Morgan fingerprint density at radius 2 is 1.60 bits per heavy atom. The SMILES string of the molecule is CCCC1CCCCCC(C)CC(C)C1. The van der Waals surface area contributed by atoms with E-state index in [2.05, 4.69) is 20.8 Å². The van der Waals surface area contributed by atoms with Crippen LogP contribution in [0.4, 0.5) is 0 Å². The first-order valence-corrected chi connectivity index (χ1v) is 7.22. The van der Waals surface area contributed by atoms with Gasteiger partial charge >= 0.3 is 0 Å². The molecule has 3 atom stereocenters. The first kappa shape index (κ1) is 13.1. The molecule has 1 fully saturated rings. The molecule has 1 aliphatic carbocycles.